The third-order valence-corrected chi connectivity index (χ3v) is 5.88. The number of halogens is 4. The Morgan fingerprint density at radius 1 is 0.933 bits per heavy atom. The molecule has 0 radical (unpaired) electrons. The number of Topliss-reactive ketones (excluding diaryl/α,β-unsaturated/α-hetero) is 1. The predicted molar refractivity (Wildman–Crippen MR) is 98.6 cm³/mol. The van der Waals surface area contributed by atoms with Crippen molar-refractivity contribution in [1.82, 2.24) is 4.90 Å². The molecule has 8 heteroatoms. The van der Waals surface area contributed by atoms with Gasteiger partial charge < -0.3 is 9.64 Å². The summed E-state index contributed by atoms with van der Waals surface area (Å²) in [6.07, 6.45) is 1.06. The van der Waals surface area contributed by atoms with Gasteiger partial charge >= 0.3 is 6.09 Å². The van der Waals surface area contributed by atoms with Crippen LogP contribution in [0.15, 0.2) is 36.4 Å². The minimum atomic E-state index is -1.68. The summed E-state index contributed by atoms with van der Waals surface area (Å²) in [6, 6.07) is 8.59. The van der Waals surface area contributed by atoms with E-state index in [1.807, 2.05) is 30.3 Å². The van der Waals surface area contributed by atoms with E-state index in [0.29, 0.717) is 12.8 Å². The first-order valence-corrected chi connectivity index (χ1v) is 9.73. The second-order valence-electron chi connectivity index (χ2n) is 7.71. The van der Waals surface area contributed by atoms with Gasteiger partial charge in [-0.05, 0) is 31.2 Å². The second-order valence-corrected chi connectivity index (χ2v) is 7.71. The van der Waals surface area contributed by atoms with Crippen molar-refractivity contribution in [2.24, 2.45) is 5.92 Å². The molecule has 2 atom stereocenters. The van der Waals surface area contributed by atoms with Crippen molar-refractivity contribution >= 4 is 11.9 Å². The molecule has 2 saturated heterocycles. The molecular weight excluding hydrogens is 402 g/mol. The maximum absolute atomic E-state index is 14.0. The lowest BCUT2D eigenvalue weighted by atomic mass is 9.84. The van der Waals surface area contributed by atoms with Gasteiger partial charge in [0.15, 0.2) is 29.1 Å². The van der Waals surface area contributed by atoms with Crippen molar-refractivity contribution in [2.75, 3.05) is 0 Å². The topological polar surface area (TPSA) is 46.6 Å². The first-order chi connectivity index (χ1) is 14.4. The van der Waals surface area contributed by atoms with E-state index in [1.54, 1.807) is 4.90 Å². The van der Waals surface area contributed by atoms with Gasteiger partial charge in [-0.1, -0.05) is 30.3 Å². The summed E-state index contributed by atoms with van der Waals surface area (Å²) in [5.41, 5.74) is -0.348. The first kappa shape index (κ1) is 20.4. The van der Waals surface area contributed by atoms with Crippen molar-refractivity contribution in [3.05, 3.63) is 70.8 Å². The van der Waals surface area contributed by atoms with Crippen LogP contribution in [0.2, 0.25) is 0 Å². The van der Waals surface area contributed by atoms with E-state index in [1.165, 1.54) is 0 Å². The summed E-state index contributed by atoms with van der Waals surface area (Å²) in [7, 11) is 0. The second kappa shape index (κ2) is 8.08. The van der Waals surface area contributed by atoms with Gasteiger partial charge in [-0.15, -0.1) is 0 Å². The number of fused-ring (bicyclic) bond motifs is 2. The normalized spacial score (nSPS) is 22.8. The van der Waals surface area contributed by atoms with Crippen molar-refractivity contribution in [3.63, 3.8) is 0 Å². The van der Waals surface area contributed by atoms with Gasteiger partial charge in [0, 0.05) is 24.1 Å². The molecule has 2 aliphatic rings. The minimum absolute atomic E-state index is 0.0798. The van der Waals surface area contributed by atoms with Gasteiger partial charge in [0.25, 0.3) is 0 Å². The summed E-state index contributed by atoms with van der Waals surface area (Å²) in [4.78, 5) is 26.9. The van der Waals surface area contributed by atoms with Crippen LogP contribution in [-0.4, -0.2) is 28.9 Å². The highest BCUT2D eigenvalue weighted by molar-refractivity contribution is 5.98. The van der Waals surface area contributed by atoms with Crippen LogP contribution in [-0.2, 0) is 11.3 Å². The molecule has 0 aliphatic carbocycles. The van der Waals surface area contributed by atoms with Gasteiger partial charge in [-0.2, -0.15) is 0 Å². The molecule has 0 N–H and O–H groups in total. The molecule has 30 heavy (non-hydrogen) atoms. The molecule has 4 rings (SSSR count). The molecule has 0 saturated carbocycles. The lowest BCUT2D eigenvalue weighted by Crippen LogP contribution is -2.48. The van der Waals surface area contributed by atoms with Crippen LogP contribution in [0.1, 0.15) is 41.6 Å². The molecule has 2 heterocycles. The monoisotopic (exact) mass is 421 g/mol. The van der Waals surface area contributed by atoms with Crippen molar-refractivity contribution in [1.29, 1.82) is 0 Å². The molecule has 0 aromatic heterocycles. The molecule has 2 aromatic rings. The molecular formula is C22H19F4NO3. The van der Waals surface area contributed by atoms with Gasteiger partial charge in [0.1, 0.15) is 6.61 Å². The number of ketones is 1. The Labute approximate surface area is 170 Å². The smallest absolute Gasteiger partial charge is 0.410 e. The van der Waals surface area contributed by atoms with E-state index in [2.05, 4.69) is 0 Å². The van der Waals surface area contributed by atoms with E-state index in [0.717, 1.165) is 5.56 Å². The summed E-state index contributed by atoms with van der Waals surface area (Å²) in [6.45, 7) is 0.108. The van der Waals surface area contributed by atoms with Crippen LogP contribution >= 0.6 is 0 Å². The summed E-state index contributed by atoms with van der Waals surface area (Å²) in [5.74, 6) is -8.39. The number of carbonyl (C=O) groups is 2. The SMILES string of the molecule is O=C(c1c(F)c(F)cc(F)c1F)C1CC2CCC(C1)N2C(=O)OCc1ccccc1. The molecule has 0 spiro atoms. The lowest BCUT2D eigenvalue weighted by molar-refractivity contribution is 0.0481. The summed E-state index contributed by atoms with van der Waals surface area (Å²) in [5, 5.41) is 0. The third-order valence-electron chi connectivity index (χ3n) is 5.88. The number of piperidine rings is 1. The van der Waals surface area contributed by atoms with Gasteiger partial charge in [-0.25, -0.2) is 22.4 Å². The fourth-order valence-electron chi connectivity index (χ4n) is 4.48. The fraction of sp³-hybridized carbons (Fsp3) is 0.364. The van der Waals surface area contributed by atoms with Crippen LogP contribution < -0.4 is 0 Å². The van der Waals surface area contributed by atoms with Crippen LogP contribution in [0.4, 0.5) is 22.4 Å². The van der Waals surface area contributed by atoms with Crippen LogP contribution in [0.25, 0.3) is 0 Å². The Hall–Kier alpha value is -2.90. The Morgan fingerprint density at radius 2 is 1.50 bits per heavy atom. The highest BCUT2D eigenvalue weighted by Gasteiger charge is 2.46. The Bertz CT molecular complexity index is 942. The van der Waals surface area contributed by atoms with Gasteiger partial charge in [0.05, 0.1) is 5.56 Å². The Kier molecular flexibility index (Phi) is 5.49. The summed E-state index contributed by atoms with van der Waals surface area (Å²) >= 11 is 0. The maximum atomic E-state index is 14.0. The lowest BCUT2D eigenvalue weighted by Gasteiger charge is -2.37. The molecule has 4 nitrogen and oxygen atoms in total. The van der Waals surface area contributed by atoms with E-state index >= 15 is 0 Å². The number of ether oxygens (including phenoxy) is 1. The number of hydrogen-bond donors (Lipinski definition) is 0. The van der Waals surface area contributed by atoms with Crippen LogP contribution in [0.3, 0.4) is 0 Å². The van der Waals surface area contributed by atoms with Crippen LogP contribution in [0, 0.1) is 29.2 Å². The van der Waals surface area contributed by atoms with E-state index < -0.39 is 46.6 Å². The average molecular weight is 421 g/mol. The minimum Gasteiger partial charge on any atom is -0.445 e. The zero-order valence-electron chi connectivity index (χ0n) is 15.9. The largest absolute Gasteiger partial charge is 0.445 e. The van der Waals surface area contributed by atoms with E-state index in [-0.39, 0.29) is 37.6 Å². The number of hydrogen-bond acceptors (Lipinski definition) is 3. The zero-order valence-corrected chi connectivity index (χ0v) is 15.9. The molecule has 2 bridgehead atoms. The first-order valence-electron chi connectivity index (χ1n) is 9.73. The standard InChI is InChI=1S/C22H19F4NO3/c23-16-10-17(24)20(26)18(19(16)25)21(28)13-8-14-6-7-15(9-13)27(14)22(29)30-11-12-4-2-1-3-5-12/h1-5,10,13-15H,6-9,11H2. The Morgan fingerprint density at radius 3 is 2.07 bits per heavy atom. The molecule has 2 fully saturated rings. The number of amides is 1. The Balaban J connectivity index is 1.47. The van der Waals surface area contributed by atoms with Crippen molar-refractivity contribution < 1.29 is 31.9 Å². The van der Waals surface area contributed by atoms with Crippen LogP contribution in [0.5, 0.6) is 0 Å². The van der Waals surface area contributed by atoms with E-state index in [4.69, 9.17) is 4.74 Å². The highest BCUT2D eigenvalue weighted by Crippen LogP contribution is 2.41. The molecule has 158 valence electrons. The number of benzene rings is 2. The predicted octanol–water partition coefficient (Wildman–Crippen LogP) is 5.01. The average Bonchev–Trinajstić information content (AvgIpc) is 3.01. The van der Waals surface area contributed by atoms with E-state index in [9.17, 15) is 27.2 Å². The van der Waals surface area contributed by atoms with Crippen molar-refractivity contribution in [2.45, 2.75) is 44.4 Å². The van der Waals surface area contributed by atoms with Gasteiger partial charge in [-0.3, -0.25) is 4.79 Å². The van der Waals surface area contributed by atoms with Gasteiger partial charge in [0.2, 0.25) is 0 Å². The molecule has 2 unspecified atom stereocenters. The quantitative estimate of drug-likeness (QED) is 0.396. The number of nitrogens with zero attached hydrogens (tertiary/aromatic N) is 1. The fourth-order valence-corrected chi connectivity index (χ4v) is 4.48. The molecule has 2 aliphatic heterocycles. The number of rotatable bonds is 4. The number of carbonyl (C=O) groups excluding carboxylic acids is 2. The summed E-state index contributed by atoms with van der Waals surface area (Å²) < 4.78 is 60.5. The maximum Gasteiger partial charge on any atom is 0.410 e. The highest BCUT2D eigenvalue weighted by atomic mass is 19.2. The van der Waals surface area contributed by atoms with Crippen molar-refractivity contribution in [3.8, 4) is 0 Å². The zero-order chi connectivity index (χ0) is 21.4. The molecule has 2 aromatic carbocycles. The molecule has 1 amide bonds. The third kappa shape index (κ3) is 3.66.